The van der Waals surface area contributed by atoms with E-state index in [0.29, 0.717) is 0 Å². The number of hydrogen-bond acceptors (Lipinski definition) is 4. The van der Waals surface area contributed by atoms with Crippen LogP contribution in [-0.4, -0.2) is 34.7 Å². The van der Waals surface area contributed by atoms with Crippen molar-refractivity contribution >= 4 is 27.8 Å². The van der Waals surface area contributed by atoms with Crippen molar-refractivity contribution in [2.24, 2.45) is 0 Å². The van der Waals surface area contributed by atoms with Crippen molar-refractivity contribution in [3.8, 4) is 0 Å². The molecule has 0 bridgehead atoms. The summed E-state index contributed by atoms with van der Waals surface area (Å²) in [5, 5.41) is 4.54. The number of rotatable bonds is 8. The van der Waals surface area contributed by atoms with E-state index in [0.717, 1.165) is 60.4 Å². The number of hydrogen-bond donors (Lipinski definition) is 2. The van der Waals surface area contributed by atoms with Gasteiger partial charge in [-0.2, -0.15) is 0 Å². The number of anilines is 1. The molecule has 3 rings (SSSR count). The van der Waals surface area contributed by atoms with Gasteiger partial charge in [-0.1, -0.05) is 25.0 Å². The number of aromatic nitrogens is 3. The van der Waals surface area contributed by atoms with E-state index in [1.54, 1.807) is 6.33 Å². The second kappa shape index (κ2) is 7.42. The minimum absolute atomic E-state index is 0.785. The van der Waals surface area contributed by atoms with E-state index in [1.165, 1.54) is 12.0 Å². The quantitative estimate of drug-likeness (QED) is 0.616. The maximum Gasteiger partial charge on any atom is 0.153 e. The van der Waals surface area contributed by atoms with Gasteiger partial charge in [0, 0.05) is 30.7 Å². The number of aromatic amines is 1. The van der Waals surface area contributed by atoms with Crippen molar-refractivity contribution < 1.29 is 4.74 Å². The molecular formula is C18H24N4O. The summed E-state index contributed by atoms with van der Waals surface area (Å²) < 4.78 is 5.58. The highest BCUT2D eigenvalue weighted by Gasteiger charge is 2.10. The molecule has 5 nitrogen and oxygen atoms in total. The third kappa shape index (κ3) is 3.62. The third-order valence-electron chi connectivity index (χ3n) is 3.94. The molecule has 2 N–H and O–H groups in total. The minimum atomic E-state index is 0.785. The van der Waals surface area contributed by atoms with Crippen LogP contribution in [0.2, 0.25) is 0 Å². The first kappa shape index (κ1) is 15.7. The maximum atomic E-state index is 5.58. The average molecular weight is 312 g/mol. The zero-order valence-electron chi connectivity index (χ0n) is 13.9. The summed E-state index contributed by atoms with van der Waals surface area (Å²) in [7, 11) is 0. The zero-order chi connectivity index (χ0) is 16.1. The smallest absolute Gasteiger partial charge is 0.153 e. The first-order chi connectivity index (χ1) is 11.3. The topological polar surface area (TPSA) is 62.8 Å². The van der Waals surface area contributed by atoms with Crippen molar-refractivity contribution in [2.45, 2.75) is 33.1 Å². The molecule has 0 amide bonds. The number of nitrogens with one attached hydrogen (secondary N) is 2. The fraction of sp³-hybridized carbons (Fsp3) is 0.444. The van der Waals surface area contributed by atoms with Crippen LogP contribution in [0.3, 0.4) is 0 Å². The van der Waals surface area contributed by atoms with Gasteiger partial charge < -0.3 is 15.0 Å². The predicted octanol–water partition coefficient (Wildman–Crippen LogP) is 4.04. The summed E-state index contributed by atoms with van der Waals surface area (Å²) in [6, 6.07) is 6.36. The maximum absolute atomic E-state index is 5.58. The van der Waals surface area contributed by atoms with Crippen molar-refractivity contribution in [3.63, 3.8) is 0 Å². The van der Waals surface area contributed by atoms with Gasteiger partial charge in [0.2, 0.25) is 0 Å². The number of H-pyrrole nitrogens is 1. The monoisotopic (exact) mass is 312 g/mol. The zero-order valence-corrected chi connectivity index (χ0v) is 13.9. The van der Waals surface area contributed by atoms with Crippen LogP contribution in [0, 0.1) is 6.92 Å². The SMILES string of the molecule is CCCCOCCCNc1ncnc2c1[nH]c1ccc(C)cc12. The third-order valence-corrected chi connectivity index (χ3v) is 3.94. The Bertz CT molecular complexity index is 781. The Labute approximate surface area is 136 Å². The van der Waals surface area contributed by atoms with E-state index in [-0.39, 0.29) is 0 Å². The summed E-state index contributed by atoms with van der Waals surface area (Å²) in [6.07, 6.45) is 4.90. The van der Waals surface area contributed by atoms with Crippen molar-refractivity contribution in [2.75, 3.05) is 25.1 Å². The normalized spacial score (nSPS) is 11.4. The van der Waals surface area contributed by atoms with E-state index < -0.39 is 0 Å². The van der Waals surface area contributed by atoms with Crippen molar-refractivity contribution in [3.05, 3.63) is 30.1 Å². The predicted molar refractivity (Wildman–Crippen MR) is 95.0 cm³/mol. The molecule has 0 spiro atoms. The Balaban J connectivity index is 1.68. The number of unbranched alkanes of at least 4 members (excludes halogenated alkanes) is 1. The Morgan fingerprint density at radius 2 is 2.04 bits per heavy atom. The van der Waals surface area contributed by atoms with Gasteiger partial charge in [0.25, 0.3) is 0 Å². The summed E-state index contributed by atoms with van der Waals surface area (Å²) in [5.74, 6) is 0.859. The fourth-order valence-electron chi connectivity index (χ4n) is 2.67. The molecule has 5 heteroatoms. The number of ether oxygens (including phenoxy) is 1. The lowest BCUT2D eigenvalue weighted by atomic mass is 10.1. The molecule has 0 unspecified atom stereocenters. The van der Waals surface area contributed by atoms with Crippen LogP contribution in [-0.2, 0) is 4.74 Å². The van der Waals surface area contributed by atoms with Crippen LogP contribution in [0.15, 0.2) is 24.5 Å². The van der Waals surface area contributed by atoms with Gasteiger partial charge in [-0.25, -0.2) is 9.97 Å². The summed E-state index contributed by atoms with van der Waals surface area (Å²) in [4.78, 5) is 12.2. The van der Waals surface area contributed by atoms with Gasteiger partial charge >= 0.3 is 0 Å². The molecule has 0 fully saturated rings. The van der Waals surface area contributed by atoms with Gasteiger partial charge in [0.05, 0.1) is 0 Å². The van der Waals surface area contributed by atoms with Crippen LogP contribution in [0.1, 0.15) is 31.7 Å². The highest BCUT2D eigenvalue weighted by Crippen LogP contribution is 2.27. The molecule has 1 aromatic carbocycles. The van der Waals surface area contributed by atoms with Gasteiger partial charge in [-0.15, -0.1) is 0 Å². The Morgan fingerprint density at radius 1 is 1.17 bits per heavy atom. The molecule has 0 atom stereocenters. The second-order valence-corrected chi connectivity index (χ2v) is 5.87. The molecule has 0 radical (unpaired) electrons. The van der Waals surface area contributed by atoms with E-state index in [2.05, 4.69) is 52.3 Å². The highest BCUT2D eigenvalue weighted by molar-refractivity contribution is 6.08. The Hall–Kier alpha value is -2.14. The number of fused-ring (bicyclic) bond motifs is 3. The Kier molecular flexibility index (Phi) is 5.08. The molecule has 0 aliphatic rings. The molecule has 2 heterocycles. The van der Waals surface area contributed by atoms with Crippen LogP contribution in [0.4, 0.5) is 5.82 Å². The second-order valence-electron chi connectivity index (χ2n) is 5.87. The van der Waals surface area contributed by atoms with Crippen LogP contribution < -0.4 is 5.32 Å². The lowest BCUT2D eigenvalue weighted by Crippen LogP contribution is -2.08. The Morgan fingerprint density at radius 3 is 2.91 bits per heavy atom. The van der Waals surface area contributed by atoms with Gasteiger partial charge in [-0.05, 0) is 31.9 Å². The largest absolute Gasteiger partial charge is 0.381 e. The molecular weight excluding hydrogens is 288 g/mol. The van der Waals surface area contributed by atoms with E-state index in [1.807, 2.05) is 0 Å². The van der Waals surface area contributed by atoms with Crippen LogP contribution in [0.5, 0.6) is 0 Å². The first-order valence-corrected chi connectivity index (χ1v) is 8.34. The van der Waals surface area contributed by atoms with Crippen LogP contribution in [0.25, 0.3) is 21.9 Å². The molecule has 2 aromatic heterocycles. The average Bonchev–Trinajstić information content (AvgIpc) is 2.93. The molecule has 23 heavy (non-hydrogen) atoms. The van der Waals surface area contributed by atoms with Crippen molar-refractivity contribution in [1.29, 1.82) is 0 Å². The van der Waals surface area contributed by atoms with Crippen molar-refractivity contribution in [1.82, 2.24) is 15.0 Å². The standard InChI is InChI=1S/C18H24N4O/c1-3-4-9-23-10-5-8-19-18-17-16(20-12-21-18)14-11-13(2)6-7-15(14)22-17/h6-7,11-12,22H,3-5,8-10H2,1-2H3,(H,19,20,21). The number of nitrogens with zero attached hydrogens (tertiary/aromatic N) is 2. The lowest BCUT2D eigenvalue weighted by Gasteiger charge is -2.06. The van der Waals surface area contributed by atoms with Gasteiger partial charge in [0.15, 0.2) is 5.82 Å². The number of aryl methyl sites for hydroxylation is 1. The van der Waals surface area contributed by atoms with Crippen LogP contribution >= 0.6 is 0 Å². The minimum Gasteiger partial charge on any atom is -0.381 e. The molecule has 3 aromatic rings. The summed E-state index contributed by atoms with van der Waals surface area (Å²) in [6.45, 7) is 6.75. The first-order valence-electron chi connectivity index (χ1n) is 8.34. The summed E-state index contributed by atoms with van der Waals surface area (Å²) in [5.41, 5.74) is 4.27. The van der Waals surface area contributed by atoms with Gasteiger partial charge in [0.1, 0.15) is 17.4 Å². The van der Waals surface area contributed by atoms with E-state index in [4.69, 9.17) is 4.74 Å². The number of benzene rings is 1. The molecule has 0 saturated carbocycles. The van der Waals surface area contributed by atoms with E-state index in [9.17, 15) is 0 Å². The highest BCUT2D eigenvalue weighted by atomic mass is 16.5. The van der Waals surface area contributed by atoms with E-state index >= 15 is 0 Å². The molecule has 0 saturated heterocycles. The summed E-state index contributed by atoms with van der Waals surface area (Å²) >= 11 is 0. The molecule has 0 aliphatic carbocycles. The lowest BCUT2D eigenvalue weighted by molar-refractivity contribution is 0.131. The van der Waals surface area contributed by atoms with Gasteiger partial charge in [-0.3, -0.25) is 0 Å². The molecule has 0 aliphatic heterocycles. The fourth-order valence-corrected chi connectivity index (χ4v) is 2.67. The molecule has 122 valence electrons.